The lowest BCUT2D eigenvalue weighted by atomic mass is 10.2. The molecule has 0 atom stereocenters. The fourth-order valence-electron chi connectivity index (χ4n) is 3.01. The van der Waals surface area contributed by atoms with Gasteiger partial charge in [-0.2, -0.15) is 18.2 Å². The number of hydrogen-bond donors (Lipinski definition) is 1. The highest BCUT2D eigenvalue weighted by molar-refractivity contribution is 6.30. The Morgan fingerprint density at radius 3 is 2.52 bits per heavy atom. The van der Waals surface area contributed by atoms with Gasteiger partial charge in [-0.15, -0.1) is 0 Å². The molecule has 0 radical (unpaired) electrons. The number of nitrogens with one attached hydrogen (secondary N) is 1. The van der Waals surface area contributed by atoms with Gasteiger partial charge in [-0.1, -0.05) is 29.8 Å². The van der Waals surface area contributed by atoms with Crippen LogP contribution in [0, 0.1) is 0 Å². The summed E-state index contributed by atoms with van der Waals surface area (Å²) in [7, 11) is 1.30. The number of rotatable bonds is 4. The summed E-state index contributed by atoms with van der Waals surface area (Å²) in [6.07, 6.45) is -4.55. The lowest BCUT2D eigenvalue weighted by Crippen LogP contribution is -2.33. The Bertz CT molecular complexity index is 1390. The van der Waals surface area contributed by atoms with E-state index in [1.165, 1.54) is 23.7 Å². The zero-order valence-corrected chi connectivity index (χ0v) is 16.7. The lowest BCUT2D eigenvalue weighted by molar-refractivity contribution is -0.137. The van der Waals surface area contributed by atoms with Gasteiger partial charge in [0.1, 0.15) is 5.75 Å². The number of alkyl halides is 3. The average molecular weight is 451 g/mol. The van der Waals surface area contributed by atoms with Gasteiger partial charge >= 0.3 is 17.9 Å². The van der Waals surface area contributed by atoms with Gasteiger partial charge in [-0.25, -0.2) is 4.79 Å². The molecule has 0 aliphatic heterocycles. The molecule has 7 nitrogen and oxygen atoms in total. The topological polar surface area (TPSA) is 81.9 Å². The first-order valence-corrected chi connectivity index (χ1v) is 9.30. The molecule has 0 unspecified atom stereocenters. The Morgan fingerprint density at radius 1 is 1.13 bits per heavy atom. The molecule has 11 heteroatoms. The van der Waals surface area contributed by atoms with E-state index in [1.54, 1.807) is 24.3 Å². The molecule has 0 spiro atoms. The van der Waals surface area contributed by atoms with Gasteiger partial charge in [0, 0.05) is 12.1 Å². The van der Waals surface area contributed by atoms with E-state index in [-0.39, 0.29) is 29.5 Å². The van der Waals surface area contributed by atoms with Crippen LogP contribution in [0.1, 0.15) is 11.1 Å². The van der Waals surface area contributed by atoms with E-state index in [4.69, 9.17) is 16.3 Å². The molecular formula is C20H14ClF3N4O3. The second kappa shape index (κ2) is 7.62. The average Bonchev–Trinajstić information content (AvgIpc) is 3.04. The molecule has 0 saturated heterocycles. The summed E-state index contributed by atoms with van der Waals surface area (Å²) in [6, 6.07) is 10.9. The third-order valence-electron chi connectivity index (χ3n) is 4.59. The number of aromatic amines is 1. The molecule has 4 aromatic rings. The quantitative estimate of drug-likeness (QED) is 0.510. The summed E-state index contributed by atoms with van der Waals surface area (Å²) >= 11 is 5.91. The summed E-state index contributed by atoms with van der Waals surface area (Å²) in [5.41, 5.74) is -1.47. The van der Waals surface area contributed by atoms with Crippen molar-refractivity contribution in [2.45, 2.75) is 12.7 Å². The summed E-state index contributed by atoms with van der Waals surface area (Å²) < 4.78 is 47.0. The maximum absolute atomic E-state index is 13.0. The highest BCUT2D eigenvalue weighted by Gasteiger charge is 2.31. The lowest BCUT2D eigenvalue weighted by Gasteiger charge is -2.12. The number of imidazole rings is 1. The van der Waals surface area contributed by atoms with E-state index in [1.807, 2.05) is 0 Å². The van der Waals surface area contributed by atoms with Gasteiger partial charge in [-0.3, -0.25) is 18.9 Å². The van der Waals surface area contributed by atoms with Crippen LogP contribution in [0.15, 0.2) is 58.1 Å². The van der Waals surface area contributed by atoms with Crippen LogP contribution in [-0.4, -0.2) is 19.1 Å². The van der Waals surface area contributed by atoms with Crippen molar-refractivity contribution in [2.24, 2.45) is 7.05 Å². The van der Waals surface area contributed by atoms with Crippen molar-refractivity contribution >= 4 is 22.8 Å². The zero-order chi connectivity index (χ0) is 22.3. The van der Waals surface area contributed by atoms with Crippen molar-refractivity contribution in [2.75, 3.05) is 0 Å². The highest BCUT2D eigenvalue weighted by Crippen LogP contribution is 2.33. The molecule has 4 rings (SSSR count). The Balaban J connectivity index is 1.86. The molecule has 0 saturated carbocycles. The third-order valence-corrected chi connectivity index (χ3v) is 4.85. The van der Waals surface area contributed by atoms with Crippen LogP contribution in [0.3, 0.4) is 0 Å². The van der Waals surface area contributed by atoms with Crippen LogP contribution in [0.25, 0.3) is 11.2 Å². The molecule has 0 aliphatic carbocycles. The maximum atomic E-state index is 13.0. The highest BCUT2D eigenvalue weighted by atomic mass is 35.5. The number of benzene rings is 2. The van der Waals surface area contributed by atoms with Crippen molar-refractivity contribution in [3.63, 3.8) is 0 Å². The smallest absolute Gasteiger partial charge is 0.416 e. The number of nitrogens with zero attached hydrogens (tertiary/aromatic N) is 3. The minimum absolute atomic E-state index is 0.0379. The first-order chi connectivity index (χ1) is 14.6. The molecular weight excluding hydrogens is 437 g/mol. The Morgan fingerprint density at radius 2 is 1.84 bits per heavy atom. The molecule has 2 aromatic carbocycles. The molecule has 2 aromatic heterocycles. The number of fused-ring (bicyclic) bond motifs is 1. The van der Waals surface area contributed by atoms with Crippen LogP contribution >= 0.6 is 11.6 Å². The van der Waals surface area contributed by atoms with Crippen LogP contribution in [-0.2, 0) is 19.8 Å². The zero-order valence-electron chi connectivity index (χ0n) is 15.9. The van der Waals surface area contributed by atoms with Gasteiger partial charge in [-0.05, 0) is 35.9 Å². The molecule has 160 valence electrons. The summed E-state index contributed by atoms with van der Waals surface area (Å²) in [6.45, 7) is 0.100. The SMILES string of the molecule is Cn1c(=O)[nH]c2nc(Oc3cccc(C(F)(F)F)c3)n(Cc3ccc(Cl)cc3)c2c1=O. The summed E-state index contributed by atoms with van der Waals surface area (Å²) in [5, 5.41) is 0.514. The monoisotopic (exact) mass is 450 g/mol. The van der Waals surface area contributed by atoms with Gasteiger partial charge in [0.2, 0.25) is 0 Å². The summed E-state index contributed by atoms with van der Waals surface area (Å²) in [5.74, 6) is -0.123. The van der Waals surface area contributed by atoms with E-state index in [9.17, 15) is 22.8 Å². The first kappa shape index (κ1) is 20.7. The standard InChI is InChI=1S/C20H14ClF3N4O3/c1-27-17(29)15-16(25-18(27)30)26-19(28(15)10-11-5-7-13(21)8-6-11)31-14-4-2-3-12(9-14)20(22,23)24/h2-9H,10H2,1H3,(H,25,30). The van der Waals surface area contributed by atoms with Crippen LogP contribution in [0.4, 0.5) is 13.2 Å². The number of aromatic nitrogens is 4. The fraction of sp³-hybridized carbons (Fsp3) is 0.150. The summed E-state index contributed by atoms with van der Waals surface area (Å²) in [4.78, 5) is 31.3. The van der Waals surface area contributed by atoms with E-state index >= 15 is 0 Å². The fourth-order valence-corrected chi connectivity index (χ4v) is 3.14. The molecule has 31 heavy (non-hydrogen) atoms. The van der Waals surface area contributed by atoms with Crippen molar-refractivity contribution in [3.05, 3.63) is 85.5 Å². The van der Waals surface area contributed by atoms with Crippen molar-refractivity contribution in [1.29, 1.82) is 0 Å². The first-order valence-electron chi connectivity index (χ1n) is 8.92. The third kappa shape index (κ3) is 4.06. The number of halogens is 4. The van der Waals surface area contributed by atoms with Crippen LogP contribution in [0.2, 0.25) is 5.02 Å². The van der Waals surface area contributed by atoms with Crippen molar-refractivity contribution < 1.29 is 17.9 Å². The van der Waals surface area contributed by atoms with E-state index in [0.29, 0.717) is 5.02 Å². The maximum Gasteiger partial charge on any atom is 0.416 e. The van der Waals surface area contributed by atoms with Crippen molar-refractivity contribution in [1.82, 2.24) is 19.1 Å². The predicted molar refractivity (Wildman–Crippen MR) is 108 cm³/mol. The second-order valence-corrected chi connectivity index (χ2v) is 7.16. The van der Waals surface area contributed by atoms with Gasteiger partial charge < -0.3 is 4.74 Å². The minimum Gasteiger partial charge on any atom is -0.425 e. The minimum atomic E-state index is -4.55. The Labute approximate surface area is 177 Å². The van der Waals surface area contributed by atoms with E-state index < -0.39 is 23.0 Å². The predicted octanol–water partition coefficient (Wildman–Crippen LogP) is 3.94. The molecule has 0 bridgehead atoms. The van der Waals surface area contributed by atoms with Gasteiger partial charge in [0.25, 0.3) is 5.56 Å². The van der Waals surface area contributed by atoms with Gasteiger partial charge in [0.05, 0.1) is 12.1 Å². The largest absolute Gasteiger partial charge is 0.425 e. The number of ether oxygens (including phenoxy) is 1. The van der Waals surface area contributed by atoms with Crippen molar-refractivity contribution in [3.8, 4) is 11.8 Å². The number of hydrogen-bond acceptors (Lipinski definition) is 4. The molecule has 2 heterocycles. The number of H-pyrrole nitrogens is 1. The normalized spacial score (nSPS) is 11.8. The molecule has 1 N–H and O–H groups in total. The molecule has 0 amide bonds. The Kier molecular flexibility index (Phi) is 5.10. The van der Waals surface area contributed by atoms with E-state index in [2.05, 4.69) is 9.97 Å². The van der Waals surface area contributed by atoms with E-state index in [0.717, 1.165) is 22.3 Å². The molecule has 0 aliphatic rings. The van der Waals surface area contributed by atoms with Crippen LogP contribution < -0.4 is 16.0 Å². The Hall–Kier alpha value is -3.53. The second-order valence-electron chi connectivity index (χ2n) is 6.73. The van der Waals surface area contributed by atoms with Crippen LogP contribution in [0.5, 0.6) is 11.8 Å². The molecule has 0 fully saturated rings. The van der Waals surface area contributed by atoms with Gasteiger partial charge in [0.15, 0.2) is 11.2 Å².